The van der Waals surface area contributed by atoms with Crippen LogP contribution in [0.1, 0.15) is 31.2 Å². The number of nitrogens with zero attached hydrogens (tertiary/aromatic N) is 6. The first-order valence-electron chi connectivity index (χ1n) is 9.19. The Morgan fingerprint density at radius 1 is 1.14 bits per heavy atom. The topological polar surface area (TPSA) is 77.2 Å². The molecule has 10 heteroatoms. The summed E-state index contributed by atoms with van der Waals surface area (Å²) in [6.45, 7) is 2.93. The van der Waals surface area contributed by atoms with Gasteiger partial charge in [0.15, 0.2) is 0 Å². The van der Waals surface area contributed by atoms with Crippen molar-refractivity contribution in [1.82, 2.24) is 34.3 Å². The maximum Gasteiger partial charge on any atom is 0.222 e. The van der Waals surface area contributed by atoms with Gasteiger partial charge in [-0.15, -0.1) is 10.2 Å². The molecule has 4 rings (SSSR count). The first kappa shape index (κ1) is 20.3. The lowest BCUT2D eigenvalue weighted by Crippen LogP contribution is -2.06. The Kier molecular flexibility index (Phi) is 6.17. The number of aryl methyl sites for hydroxylation is 1. The predicted octanol–water partition coefficient (Wildman–Crippen LogP) is 5.45. The number of aromatic amines is 1. The number of benzene rings is 1. The summed E-state index contributed by atoms with van der Waals surface area (Å²) in [6.07, 6.45) is 4.98. The predicted molar refractivity (Wildman–Crippen MR) is 120 cm³/mol. The molecular formula is C19H18Br2ClN7. The third-order valence-electron chi connectivity index (χ3n) is 4.70. The Balaban J connectivity index is 1.61. The molecule has 0 aliphatic carbocycles. The fourth-order valence-corrected chi connectivity index (χ4v) is 4.28. The molecule has 0 amide bonds. The van der Waals surface area contributed by atoms with Gasteiger partial charge in [0.2, 0.25) is 5.82 Å². The summed E-state index contributed by atoms with van der Waals surface area (Å²) in [4.78, 5) is 4.64. The number of halogens is 3. The molecule has 150 valence electrons. The summed E-state index contributed by atoms with van der Waals surface area (Å²) in [7, 11) is 0. The monoisotopic (exact) mass is 537 g/mol. The molecule has 1 aromatic carbocycles. The van der Waals surface area contributed by atoms with E-state index < -0.39 is 0 Å². The van der Waals surface area contributed by atoms with E-state index >= 15 is 0 Å². The summed E-state index contributed by atoms with van der Waals surface area (Å²) < 4.78 is 5.49. The standard InChI is InChI=1S/C19H18Br2ClN7/c1-2-3-4-15-23-17(20)18(21)28(15)11-12-5-7-13(8-6-12)14-9-10-29(22)16(14)19-24-26-27-25-19/h5-10H,2-4,11H2,1H3,(H,24,25,26,27). The number of rotatable bonds is 7. The molecule has 0 saturated heterocycles. The molecule has 0 aliphatic rings. The molecule has 29 heavy (non-hydrogen) atoms. The van der Waals surface area contributed by atoms with Crippen LogP contribution in [0.25, 0.3) is 22.6 Å². The van der Waals surface area contributed by atoms with Crippen LogP contribution >= 0.6 is 43.6 Å². The molecule has 0 spiro atoms. The molecule has 3 aromatic heterocycles. The van der Waals surface area contributed by atoms with Crippen molar-refractivity contribution < 1.29 is 0 Å². The average Bonchev–Trinajstić information content (AvgIpc) is 3.43. The summed E-state index contributed by atoms with van der Waals surface area (Å²) in [5.74, 6) is 1.53. The van der Waals surface area contributed by atoms with E-state index in [9.17, 15) is 0 Å². The van der Waals surface area contributed by atoms with Gasteiger partial charge in [-0.25, -0.2) is 4.98 Å². The van der Waals surface area contributed by atoms with Crippen molar-refractivity contribution in [1.29, 1.82) is 0 Å². The second-order valence-corrected chi connectivity index (χ2v) is 8.49. The zero-order valence-electron chi connectivity index (χ0n) is 15.6. The molecule has 0 aliphatic heterocycles. The summed E-state index contributed by atoms with van der Waals surface area (Å²) >= 11 is 13.5. The second kappa shape index (κ2) is 8.81. The number of aromatic nitrogens is 7. The lowest BCUT2D eigenvalue weighted by atomic mass is 10.0. The molecule has 1 N–H and O–H groups in total. The molecule has 0 unspecified atom stereocenters. The lowest BCUT2D eigenvalue weighted by Gasteiger charge is -2.10. The summed E-state index contributed by atoms with van der Waals surface area (Å²) in [5, 5.41) is 14.2. The number of nitrogens with one attached hydrogen (secondary N) is 1. The minimum absolute atomic E-state index is 0.455. The number of hydrogen-bond acceptors (Lipinski definition) is 4. The highest BCUT2D eigenvalue weighted by Crippen LogP contribution is 2.32. The first-order valence-corrected chi connectivity index (χ1v) is 11.1. The third-order valence-corrected chi connectivity index (χ3v) is 6.87. The van der Waals surface area contributed by atoms with Crippen molar-refractivity contribution in [3.8, 4) is 22.6 Å². The number of hydrogen-bond donors (Lipinski definition) is 1. The van der Waals surface area contributed by atoms with Gasteiger partial charge in [-0.2, -0.15) is 5.21 Å². The Morgan fingerprint density at radius 3 is 2.62 bits per heavy atom. The van der Waals surface area contributed by atoms with E-state index in [4.69, 9.17) is 11.8 Å². The van der Waals surface area contributed by atoms with Crippen molar-refractivity contribution in [2.24, 2.45) is 0 Å². The Labute approximate surface area is 189 Å². The van der Waals surface area contributed by atoms with Gasteiger partial charge in [0.25, 0.3) is 0 Å². The number of tetrazole rings is 1. The van der Waals surface area contributed by atoms with E-state index in [0.29, 0.717) is 11.5 Å². The maximum atomic E-state index is 6.28. The van der Waals surface area contributed by atoms with Gasteiger partial charge >= 0.3 is 0 Å². The zero-order chi connectivity index (χ0) is 20.4. The van der Waals surface area contributed by atoms with Crippen LogP contribution in [-0.2, 0) is 13.0 Å². The highest BCUT2D eigenvalue weighted by Gasteiger charge is 2.17. The van der Waals surface area contributed by atoms with Gasteiger partial charge < -0.3 is 4.57 Å². The Hall–Kier alpha value is -1.97. The molecular weight excluding hydrogens is 522 g/mol. The number of unbranched alkanes of at least 4 members (excludes halogenated alkanes) is 1. The molecule has 0 radical (unpaired) electrons. The SMILES string of the molecule is CCCCc1nc(Br)c(Br)n1Cc1ccc(-c2ccn(Cl)c2-c2nn[nH]n2)cc1. The molecule has 0 atom stereocenters. The van der Waals surface area contributed by atoms with Crippen LogP contribution in [0.4, 0.5) is 0 Å². The minimum atomic E-state index is 0.455. The van der Waals surface area contributed by atoms with Crippen molar-refractivity contribution in [2.75, 3.05) is 0 Å². The van der Waals surface area contributed by atoms with Gasteiger partial charge in [-0.1, -0.05) is 37.6 Å². The fourth-order valence-electron chi connectivity index (χ4n) is 3.22. The molecule has 4 aromatic rings. The van der Waals surface area contributed by atoms with Crippen LogP contribution in [0.15, 0.2) is 45.7 Å². The van der Waals surface area contributed by atoms with Crippen LogP contribution in [0.5, 0.6) is 0 Å². The van der Waals surface area contributed by atoms with Gasteiger partial charge in [-0.05, 0) is 60.7 Å². The smallest absolute Gasteiger partial charge is 0.222 e. The fraction of sp³-hybridized carbons (Fsp3) is 0.263. The Morgan fingerprint density at radius 2 is 1.93 bits per heavy atom. The quantitative estimate of drug-likeness (QED) is 0.339. The van der Waals surface area contributed by atoms with Crippen molar-refractivity contribution in [2.45, 2.75) is 32.7 Å². The van der Waals surface area contributed by atoms with E-state index in [0.717, 1.165) is 52.0 Å². The molecule has 0 fully saturated rings. The van der Waals surface area contributed by atoms with Gasteiger partial charge in [0, 0.05) is 36.5 Å². The lowest BCUT2D eigenvalue weighted by molar-refractivity contribution is 0.670. The number of imidazole rings is 1. The van der Waals surface area contributed by atoms with Crippen molar-refractivity contribution in [3.63, 3.8) is 0 Å². The Bertz CT molecular complexity index is 1100. The van der Waals surface area contributed by atoms with E-state index in [1.807, 2.05) is 6.07 Å². The highest BCUT2D eigenvalue weighted by molar-refractivity contribution is 9.13. The zero-order valence-corrected chi connectivity index (χ0v) is 19.5. The number of H-pyrrole nitrogens is 1. The minimum Gasteiger partial charge on any atom is -0.317 e. The van der Waals surface area contributed by atoms with Crippen molar-refractivity contribution >= 4 is 43.6 Å². The second-order valence-electron chi connectivity index (χ2n) is 6.62. The van der Waals surface area contributed by atoms with E-state index in [1.54, 1.807) is 6.20 Å². The van der Waals surface area contributed by atoms with Gasteiger partial charge in [0.05, 0.1) is 0 Å². The van der Waals surface area contributed by atoms with Crippen LogP contribution in [-0.4, -0.2) is 34.3 Å². The average molecular weight is 540 g/mol. The molecule has 3 heterocycles. The van der Waals surface area contributed by atoms with Gasteiger partial charge in [0.1, 0.15) is 20.7 Å². The van der Waals surface area contributed by atoms with Gasteiger partial charge in [-0.3, -0.25) is 4.09 Å². The molecule has 7 nitrogen and oxygen atoms in total. The maximum absolute atomic E-state index is 6.28. The third kappa shape index (κ3) is 4.17. The van der Waals surface area contributed by atoms with Crippen LogP contribution < -0.4 is 0 Å². The van der Waals surface area contributed by atoms with E-state index in [-0.39, 0.29) is 0 Å². The highest BCUT2D eigenvalue weighted by atomic mass is 79.9. The van der Waals surface area contributed by atoms with E-state index in [2.05, 4.69) is 93.2 Å². The van der Waals surface area contributed by atoms with Crippen LogP contribution in [0.3, 0.4) is 0 Å². The molecule has 0 saturated carbocycles. The largest absolute Gasteiger partial charge is 0.317 e. The van der Waals surface area contributed by atoms with Crippen molar-refractivity contribution in [3.05, 3.63) is 57.1 Å². The van der Waals surface area contributed by atoms with E-state index in [1.165, 1.54) is 9.65 Å². The molecule has 0 bridgehead atoms. The first-order chi connectivity index (χ1) is 14.1. The van der Waals surface area contributed by atoms with Crippen LogP contribution in [0, 0.1) is 0 Å². The summed E-state index contributed by atoms with van der Waals surface area (Å²) in [5.41, 5.74) is 3.87. The summed E-state index contributed by atoms with van der Waals surface area (Å²) in [6, 6.07) is 10.3. The van der Waals surface area contributed by atoms with Crippen LogP contribution in [0.2, 0.25) is 0 Å². The normalized spacial score (nSPS) is 11.3.